The molecule has 2 N–H and O–H groups in total. The number of benzene rings is 2. The highest BCUT2D eigenvalue weighted by atomic mass is 32.2. The zero-order valence-corrected chi connectivity index (χ0v) is 20.6. The fraction of sp³-hybridized carbons (Fsp3) is 0.333. The van der Waals surface area contributed by atoms with Gasteiger partial charge in [-0.25, -0.2) is 18.4 Å². The summed E-state index contributed by atoms with van der Waals surface area (Å²) in [5, 5.41) is 0. The first-order valence-corrected chi connectivity index (χ1v) is 12.8. The summed E-state index contributed by atoms with van der Waals surface area (Å²) in [6.07, 6.45) is -1.56. The van der Waals surface area contributed by atoms with Crippen LogP contribution in [0.5, 0.6) is 0 Å². The van der Waals surface area contributed by atoms with Crippen LogP contribution < -0.4 is 10.6 Å². The second-order valence-corrected chi connectivity index (χ2v) is 10.8. The number of aryl methyl sites for hydroxylation is 1. The molecule has 0 saturated carbocycles. The quantitative estimate of drug-likeness (QED) is 0.439. The second-order valence-electron chi connectivity index (χ2n) is 8.82. The van der Waals surface area contributed by atoms with Gasteiger partial charge in [-0.15, -0.1) is 0 Å². The zero-order valence-electron chi connectivity index (χ0n) is 19.7. The Morgan fingerprint density at radius 2 is 1.63 bits per heavy atom. The summed E-state index contributed by atoms with van der Waals surface area (Å²) in [4.78, 5) is 9.81. The number of rotatable bonds is 6. The van der Waals surface area contributed by atoms with Crippen molar-refractivity contribution in [3.63, 3.8) is 0 Å². The van der Waals surface area contributed by atoms with Crippen LogP contribution in [0.2, 0.25) is 0 Å². The van der Waals surface area contributed by atoms with Gasteiger partial charge in [0.25, 0.3) is 0 Å². The Kier molecular flexibility index (Phi) is 7.57. The lowest BCUT2D eigenvalue weighted by molar-refractivity contribution is -0.137. The summed E-state index contributed by atoms with van der Waals surface area (Å²) in [6.45, 7) is -1.60. The van der Waals surface area contributed by atoms with Gasteiger partial charge in [0.05, 0.1) is 30.2 Å². The number of nitrogens with two attached hydrogens (primary N) is 1. The first kappa shape index (κ1) is 27.6. The van der Waals surface area contributed by atoms with E-state index in [1.165, 1.54) is 12.4 Å². The van der Waals surface area contributed by atoms with E-state index in [0.29, 0.717) is 12.5 Å². The zero-order chi connectivity index (χ0) is 27.7. The van der Waals surface area contributed by atoms with Crippen molar-refractivity contribution >= 4 is 21.4 Å². The van der Waals surface area contributed by atoms with E-state index in [4.69, 9.17) is 5.73 Å². The third-order valence-electron chi connectivity index (χ3n) is 6.20. The molecule has 0 radical (unpaired) electrons. The van der Waals surface area contributed by atoms with E-state index < -0.39 is 46.4 Å². The van der Waals surface area contributed by atoms with Crippen molar-refractivity contribution in [2.45, 2.75) is 43.7 Å². The molecule has 1 unspecified atom stereocenters. The summed E-state index contributed by atoms with van der Waals surface area (Å²) >= 11 is 0. The van der Waals surface area contributed by atoms with E-state index in [9.17, 15) is 34.8 Å². The van der Waals surface area contributed by atoms with Crippen molar-refractivity contribution < 1.29 is 34.8 Å². The number of hydrogen-bond donors (Lipinski definition) is 1. The lowest BCUT2D eigenvalue weighted by atomic mass is 10.0. The molecule has 204 valence electrons. The molecule has 0 saturated heterocycles. The van der Waals surface area contributed by atoms with E-state index in [0.717, 1.165) is 17.7 Å². The van der Waals surface area contributed by atoms with Gasteiger partial charge in [0.2, 0.25) is 0 Å². The lowest BCUT2D eigenvalue weighted by Gasteiger charge is -2.34. The summed E-state index contributed by atoms with van der Waals surface area (Å²) < 4.78 is 106. The van der Waals surface area contributed by atoms with Gasteiger partial charge >= 0.3 is 21.7 Å². The maximum absolute atomic E-state index is 13.6. The largest absolute Gasteiger partial charge is 0.511 e. The number of halogens is 6. The minimum absolute atomic E-state index is 0.0992. The van der Waals surface area contributed by atoms with Crippen LogP contribution in [-0.2, 0) is 35.7 Å². The molecule has 1 aliphatic rings. The van der Waals surface area contributed by atoms with Gasteiger partial charge in [-0.2, -0.15) is 30.6 Å². The van der Waals surface area contributed by atoms with Crippen LogP contribution in [0.4, 0.5) is 37.7 Å². The predicted molar refractivity (Wildman–Crippen MR) is 128 cm³/mol. The molecule has 7 nitrogen and oxygen atoms in total. The molecule has 3 aromatic rings. The summed E-state index contributed by atoms with van der Waals surface area (Å²) in [7, 11) is -5.85. The van der Waals surface area contributed by atoms with Crippen molar-refractivity contribution in [1.29, 1.82) is 0 Å². The second kappa shape index (κ2) is 10.4. The van der Waals surface area contributed by atoms with Gasteiger partial charge in [-0.3, -0.25) is 0 Å². The SMILES string of the molecule is Nc1cnc(CN2c3ccc(C(F)(F)F)cc3CN(S(=O)(=O)C(F)(F)F)CC2CCc2ccccc2)nc1. The molecule has 0 aliphatic carbocycles. The monoisotopic (exact) mass is 559 g/mol. The molecule has 2 heterocycles. The molecule has 0 spiro atoms. The highest BCUT2D eigenvalue weighted by Crippen LogP contribution is 2.39. The van der Waals surface area contributed by atoms with E-state index in [1.54, 1.807) is 23.1 Å². The molecule has 2 aromatic carbocycles. The van der Waals surface area contributed by atoms with Crippen LogP contribution in [0.3, 0.4) is 0 Å². The maximum atomic E-state index is 13.6. The van der Waals surface area contributed by atoms with Gasteiger partial charge in [0.1, 0.15) is 5.82 Å². The maximum Gasteiger partial charge on any atom is 0.511 e. The fourth-order valence-corrected chi connectivity index (χ4v) is 5.29. The number of sulfonamides is 1. The number of aromatic nitrogens is 2. The normalized spacial score (nSPS) is 17.2. The van der Waals surface area contributed by atoms with Crippen LogP contribution in [0.1, 0.15) is 28.9 Å². The minimum Gasteiger partial charge on any atom is -0.396 e. The fourth-order valence-electron chi connectivity index (χ4n) is 4.32. The Labute approximate surface area is 215 Å². The Hall–Kier alpha value is -3.39. The molecule has 1 atom stereocenters. The van der Waals surface area contributed by atoms with E-state index >= 15 is 0 Å². The average molecular weight is 560 g/mol. The van der Waals surface area contributed by atoms with Crippen molar-refractivity contribution in [3.05, 3.63) is 83.4 Å². The number of fused-ring (bicyclic) bond motifs is 1. The third-order valence-corrected chi connectivity index (χ3v) is 7.74. The highest BCUT2D eigenvalue weighted by molar-refractivity contribution is 7.89. The van der Waals surface area contributed by atoms with Crippen molar-refractivity contribution in [2.75, 3.05) is 17.2 Å². The summed E-state index contributed by atoms with van der Waals surface area (Å²) in [5.41, 5.74) is -0.0235. The number of nitrogens with zero attached hydrogens (tertiary/aromatic N) is 4. The Morgan fingerprint density at radius 1 is 0.974 bits per heavy atom. The Bertz CT molecular complexity index is 1370. The van der Waals surface area contributed by atoms with E-state index in [1.807, 2.05) is 12.1 Å². The van der Waals surface area contributed by atoms with Gasteiger partial charge in [-0.05, 0) is 42.2 Å². The van der Waals surface area contributed by atoms with Crippen molar-refractivity contribution in [1.82, 2.24) is 14.3 Å². The van der Waals surface area contributed by atoms with Crippen LogP contribution in [-0.4, -0.2) is 40.8 Å². The Morgan fingerprint density at radius 3 is 2.24 bits per heavy atom. The molecule has 1 aliphatic heterocycles. The van der Waals surface area contributed by atoms with Crippen molar-refractivity contribution in [2.24, 2.45) is 0 Å². The summed E-state index contributed by atoms with van der Waals surface area (Å²) in [5.74, 6) is 0.210. The van der Waals surface area contributed by atoms with E-state index in [-0.39, 0.29) is 40.0 Å². The number of nitrogen functional groups attached to an aromatic ring is 1. The van der Waals surface area contributed by atoms with E-state index in [2.05, 4.69) is 9.97 Å². The molecule has 38 heavy (non-hydrogen) atoms. The minimum atomic E-state index is -5.85. The van der Waals surface area contributed by atoms with Crippen LogP contribution in [0.15, 0.2) is 60.9 Å². The average Bonchev–Trinajstić information content (AvgIpc) is 3.00. The molecule has 14 heteroatoms. The number of hydrogen-bond acceptors (Lipinski definition) is 6. The van der Waals surface area contributed by atoms with Crippen molar-refractivity contribution in [3.8, 4) is 0 Å². The highest BCUT2D eigenvalue weighted by Gasteiger charge is 2.51. The molecule has 0 amide bonds. The summed E-state index contributed by atoms with van der Waals surface area (Å²) in [6, 6.07) is 10.8. The van der Waals surface area contributed by atoms with Gasteiger partial charge in [0, 0.05) is 24.8 Å². The van der Waals surface area contributed by atoms with Crippen LogP contribution in [0, 0.1) is 0 Å². The molecule has 0 bridgehead atoms. The molecule has 0 fully saturated rings. The van der Waals surface area contributed by atoms with Crippen LogP contribution >= 0.6 is 0 Å². The predicted octanol–water partition coefficient (Wildman–Crippen LogP) is 4.75. The Balaban J connectivity index is 1.83. The number of anilines is 2. The standard InChI is InChI=1S/C24H23F6N5O2S/c25-23(26,27)18-7-9-21-17(10-18)13-34(38(36,37)24(28,29)30)14-20(8-6-16-4-2-1-3-5-16)35(21)15-22-32-11-19(31)12-33-22/h1-5,7,9-12,20H,6,8,13-15,31H2. The lowest BCUT2D eigenvalue weighted by Crippen LogP contribution is -2.47. The topological polar surface area (TPSA) is 92.4 Å². The van der Waals surface area contributed by atoms with Gasteiger partial charge < -0.3 is 10.6 Å². The third kappa shape index (κ3) is 6.01. The smallest absolute Gasteiger partial charge is 0.396 e. The first-order chi connectivity index (χ1) is 17.8. The van der Waals surface area contributed by atoms with Crippen LogP contribution in [0.25, 0.3) is 0 Å². The molecule has 1 aromatic heterocycles. The number of alkyl halides is 6. The molecule has 4 rings (SSSR count). The first-order valence-electron chi connectivity index (χ1n) is 11.4. The molecular weight excluding hydrogens is 536 g/mol. The molecular formula is C24H23F6N5O2S. The van der Waals surface area contributed by atoms with Gasteiger partial charge in [0.15, 0.2) is 0 Å². The van der Waals surface area contributed by atoms with Gasteiger partial charge in [-0.1, -0.05) is 30.3 Å².